The van der Waals surface area contributed by atoms with Gasteiger partial charge in [-0.05, 0) is 52.2 Å². The van der Waals surface area contributed by atoms with Crippen LogP contribution in [0.4, 0.5) is 4.79 Å². The Balaban J connectivity index is 1.81. The minimum atomic E-state index is -0.464. The van der Waals surface area contributed by atoms with Crippen molar-refractivity contribution in [2.45, 2.75) is 50.8 Å². The summed E-state index contributed by atoms with van der Waals surface area (Å²) >= 11 is 7.38. The third-order valence-corrected chi connectivity index (χ3v) is 4.52. The van der Waals surface area contributed by atoms with Gasteiger partial charge in [-0.3, -0.25) is 0 Å². The maximum Gasteiger partial charge on any atom is 0.410 e. The molecule has 0 aliphatic carbocycles. The molecule has 1 fully saturated rings. The van der Waals surface area contributed by atoms with Gasteiger partial charge in [0, 0.05) is 19.2 Å². The number of amides is 1. The number of hydrogen-bond donors (Lipinski definition) is 0. The quantitative estimate of drug-likeness (QED) is 0.427. The van der Waals surface area contributed by atoms with Gasteiger partial charge >= 0.3 is 6.09 Å². The highest BCUT2D eigenvalue weighted by atomic mass is 35.5. The highest BCUT2D eigenvalue weighted by Gasteiger charge is 2.27. The molecule has 0 radical (unpaired) electrons. The average Bonchev–Trinajstić information content (AvgIpc) is 2.53. The van der Waals surface area contributed by atoms with E-state index in [1.807, 2.05) is 27.0 Å². The molecule has 25 heavy (non-hydrogen) atoms. The molecule has 0 bridgehead atoms. The lowest BCUT2D eigenvalue weighted by molar-refractivity contribution is 0.0154. The van der Waals surface area contributed by atoms with Gasteiger partial charge in [0.2, 0.25) is 5.88 Å². The molecule has 2 heterocycles. The summed E-state index contributed by atoms with van der Waals surface area (Å²) in [6.07, 6.45) is 4.59. The van der Waals surface area contributed by atoms with Crippen LogP contribution < -0.4 is 4.74 Å². The fraction of sp³-hybridized carbons (Fsp3) is 0.706. The number of carbonyl (C=O) groups excluding carboxylic acids is 1. The minimum Gasteiger partial charge on any atom is -0.478 e. The molecular formula is C17H26ClN3O3S. The topological polar surface area (TPSA) is 64.5 Å². The van der Waals surface area contributed by atoms with Crippen LogP contribution in [-0.4, -0.2) is 52.5 Å². The predicted molar refractivity (Wildman–Crippen MR) is 99.5 cm³/mol. The molecule has 1 atom stereocenters. The predicted octanol–water partition coefficient (Wildman–Crippen LogP) is 4.27. The number of rotatable bonds is 5. The van der Waals surface area contributed by atoms with Crippen LogP contribution in [0.5, 0.6) is 5.88 Å². The van der Waals surface area contributed by atoms with Gasteiger partial charge in [-0.15, -0.1) is 0 Å². The number of ether oxygens (including phenoxy) is 2. The molecule has 0 aromatic carbocycles. The van der Waals surface area contributed by atoms with Gasteiger partial charge in [0.15, 0.2) is 5.16 Å². The summed E-state index contributed by atoms with van der Waals surface area (Å²) in [6, 6.07) is 1.62. The van der Waals surface area contributed by atoms with E-state index in [9.17, 15) is 4.79 Å². The largest absolute Gasteiger partial charge is 0.478 e. The van der Waals surface area contributed by atoms with E-state index in [0.29, 0.717) is 35.3 Å². The van der Waals surface area contributed by atoms with Crippen molar-refractivity contribution >= 4 is 29.5 Å². The molecule has 1 aliphatic heterocycles. The number of carbonyl (C=O) groups is 1. The summed E-state index contributed by atoms with van der Waals surface area (Å²) in [5.41, 5.74) is -0.464. The van der Waals surface area contributed by atoms with E-state index in [-0.39, 0.29) is 6.09 Å². The molecule has 2 rings (SSSR count). The molecule has 1 amide bonds. The van der Waals surface area contributed by atoms with E-state index < -0.39 is 5.60 Å². The summed E-state index contributed by atoms with van der Waals surface area (Å²) in [7, 11) is 0. The molecule has 140 valence electrons. The summed E-state index contributed by atoms with van der Waals surface area (Å²) in [5.74, 6) is 0.891. The van der Waals surface area contributed by atoms with Crippen molar-refractivity contribution in [2.75, 3.05) is 26.0 Å². The summed E-state index contributed by atoms with van der Waals surface area (Å²) in [5, 5.41) is 0.972. The fourth-order valence-electron chi connectivity index (χ4n) is 2.67. The highest BCUT2D eigenvalue weighted by molar-refractivity contribution is 7.98. The number of hydrogen-bond acceptors (Lipinski definition) is 6. The van der Waals surface area contributed by atoms with Gasteiger partial charge in [0.1, 0.15) is 10.8 Å². The van der Waals surface area contributed by atoms with E-state index in [2.05, 4.69) is 9.97 Å². The third kappa shape index (κ3) is 6.90. The van der Waals surface area contributed by atoms with E-state index in [1.165, 1.54) is 11.8 Å². The van der Waals surface area contributed by atoms with Crippen LogP contribution in [0.2, 0.25) is 5.15 Å². The molecule has 0 unspecified atom stereocenters. The van der Waals surface area contributed by atoms with Crippen molar-refractivity contribution in [3.8, 4) is 5.88 Å². The number of thioether (sulfide) groups is 1. The van der Waals surface area contributed by atoms with E-state index in [1.54, 1.807) is 11.0 Å². The second-order valence-electron chi connectivity index (χ2n) is 7.09. The number of likely N-dealkylation sites (tertiary alicyclic amines) is 1. The lowest BCUT2D eigenvalue weighted by Crippen LogP contribution is -2.43. The molecular weight excluding hydrogens is 362 g/mol. The van der Waals surface area contributed by atoms with Crippen LogP contribution in [0.15, 0.2) is 11.2 Å². The maximum absolute atomic E-state index is 12.2. The zero-order chi connectivity index (χ0) is 18.4. The van der Waals surface area contributed by atoms with Crippen molar-refractivity contribution in [2.24, 2.45) is 5.92 Å². The van der Waals surface area contributed by atoms with Crippen LogP contribution in [0.3, 0.4) is 0 Å². The van der Waals surface area contributed by atoms with Crippen LogP contribution >= 0.6 is 23.4 Å². The molecule has 6 nitrogen and oxygen atoms in total. The standard InChI is InChI=1S/C17H26ClN3O3S/c1-17(2,3)24-16(22)21-8-5-6-12(11-21)7-9-23-14-10-13(18)19-15(20-14)25-4/h10,12H,5-9,11H2,1-4H3/t12-/m1/s1. The van der Waals surface area contributed by atoms with Crippen molar-refractivity contribution < 1.29 is 14.3 Å². The lowest BCUT2D eigenvalue weighted by Gasteiger charge is -2.34. The van der Waals surface area contributed by atoms with Gasteiger partial charge < -0.3 is 14.4 Å². The normalized spacial score (nSPS) is 18.1. The van der Waals surface area contributed by atoms with Crippen molar-refractivity contribution in [1.29, 1.82) is 0 Å². The van der Waals surface area contributed by atoms with Gasteiger partial charge in [0.25, 0.3) is 0 Å². The van der Waals surface area contributed by atoms with Crippen LogP contribution in [0, 0.1) is 5.92 Å². The van der Waals surface area contributed by atoms with Crippen LogP contribution in [0.1, 0.15) is 40.0 Å². The Kier molecular flexibility index (Phi) is 7.19. The molecule has 0 saturated carbocycles. The Morgan fingerprint density at radius 3 is 2.88 bits per heavy atom. The number of nitrogens with zero attached hydrogens (tertiary/aromatic N) is 3. The zero-order valence-electron chi connectivity index (χ0n) is 15.2. The lowest BCUT2D eigenvalue weighted by atomic mass is 9.95. The molecule has 1 saturated heterocycles. The SMILES string of the molecule is CSc1nc(Cl)cc(OCC[C@H]2CCCN(C(=O)OC(C)(C)C)C2)n1. The second kappa shape index (κ2) is 8.94. The highest BCUT2D eigenvalue weighted by Crippen LogP contribution is 2.23. The average molecular weight is 388 g/mol. The second-order valence-corrected chi connectivity index (χ2v) is 8.25. The van der Waals surface area contributed by atoms with Gasteiger partial charge in [-0.2, -0.15) is 4.98 Å². The van der Waals surface area contributed by atoms with Crippen molar-refractivity contribution in [1.82, 2.24) is 14.9 Å². The minimum absolute atomic E-state index is 0.231. The van der Waals surface area contributed by atoms with E-state index >= 15 is 0 Å². The Morgan fingerprint density at radius 1 is 1.44 bits per heavy atom. The van der Waals surface area contributed by atoms with Gasteiger partial charge in [0.05, 0.1) is 6.61 Å². The maximum atomic E-state index is 12.2. The Labute approximate surface area is 158 Å². The van der Waals surface area contributed by atoms with E-state index in [0.717, 1.165) is 25.8 Å². The van der Waals surface area contributed by atoms with Crippen molar-refractivity contribution in [3.05, 3.63) is 11.2 Å². The van der Waals surface area contributed by atoms with Crippen LogP contribution in [-0.2, 0) is 4.74 Å². The first-order valence-corrected chi connectivity index (χ1v) is 10.1. The zero-order valence-corrected chi connectivity index (χ0v) is 16.8. The number of halogens is 1. The number of aromatic nitrogens is 2. The monoisotopic (exact) mass is 387 g/mol. The number of piperidine rings is 1. The smallest absolute Gasteiger partial charge is 0.410 e. The first-order valence-electron chi connectivity index (χ1n) is 8.46. The Bertz CT molecular complexity index is 595. The first-order chi connectivity index (χ1) is 11.8. The summed E-state index contributed by atoms with van der Waals surface area (Å²) in [4.78, 5) is 22.4. The molecule has 1 aromatic heterocycles. The van der Waals surface area contributed by atoms with Crippen LogP contribution in [0.25, 0.3) is 0 Å². The molecule has 1 aromatic rings. The molecule has 8 heteroatoms. The molecule has 0 N–H and O–H groups in total. The van der Waals surface area contributed by atoms with Crippen molar-refractivity contribution in [3.63, 3.8) is 0 Å². The Morgan fingerprint density at radius 2 is 2.20 bits per heavy atom. The van der Waals surface area contributed by atoms with Gasteiger partial charge in [-0.25, -0.2) is 9.78 Å². The summed E-state index contributed by atoms with van der Waals surface area (Å²) in [6.45, 7) is 7.65. The molecule has 1 aliphatic rings. The third-order valence-electron chi connectivity index (χ3n) is 3.78. The summed E-state index contributed by atoms with van der Waals surface area (Å²) < 4.78 is 11.2. The first kappa shape index (κ1) is 20.1. The fourth-order valence-corrected chi connectivity index (χ4v) is 3.26. The van der Waals surface area contributed by atoms with E-state index in [4.69, 9.17) is 21.1 Å². The van der Waals surface area contributed by atoms with Gasteiger partial charge in [-0.1, -0.05) is 23.4 Å². The Hall–Kier alpha value is -1.21. The molecule has 0 spiro atoms.